The molecule has 19 heavy (non-hydrogen) atoms. The molecule has 1 aromatic carbocycles. The Labute approximate surface area is 110 Å². The van der Waals surface area contributed by atoms with Crippen molar-refractivity contribution in [3.05, 3.63) is 35.9 Å². The Morgan fingerprint density at radius 1 is 1.32 bits per heavy atom. The van der Waals surface area contributed by atoms with Crippen LogP contribution in [0.3, 0.4) is 0 Å². The number of aliphatic carboxylic acids is 1. The minimum absolute atomic E-state index is 0.0838. The fourth-order valence-corrected chi connectivity index (χ4v) is 2.07. The SMILES string of the molecule is O=C(O)C(=O)NC1CC(=O)N(Cc2ccccc2)C1. The van der Waals surface area contributed by atoms with E-state index in [-0.39, 0.29) is 12.3 Å². The number of carbonyl (C=O) groups excluding carboxylic acids is 2. The van der Waals surface area contributed by atoms with Gasteiger partial charge in [-0.15, -0.1) is 0 Å². The largest absolute Gasteiger partial charge is 0.474 e. The molecule has 1 heterocycles. The van der Waals surface area contributed by atoms with Gasteiger partial charge in [-0.05, 0) is 5.56 Å². The normalized spacial score (nSPS) is 18.4. The van der Waals surface area contributed by atoms with Gasteiger partial charge in [0, 0.05) is 19.5 Å². The minimum Gasteiger partial charge on any atom is -0.474 e. The summed E-state index contributed by atoms with van der Waals surface area (Å²) in [5.74, 6) is -2.69. The maximum Gasteiger partial charge on any atom is 0.394 e. The topological polar surface area (TPSA) is 86.7 Å². The molecule has 2 amide bonds. The van der Waals surface area contributed by atoms with E-state index < -0.39 is 17.9 Å². The van der Waals surface area contributed by atoms with E-state index in [0.717, 1.165) is 5.56 Å². The summed E-state index contributed by atoms with van der Waals surface area (Å²) < 4.78 is 0. The monoisotopic (exact) mass is 262 g/mol. The molecule has 0 radical (unpaired) electrons. The molecule has 0 saturated carbocycles. The lowest BCUT2D eigenvalue weighted by Gasteiger charge is -2.16. The smallest absolute Gasteiger partial charge is 0.394 e. The lowest BCUT2D eigenvalue weighted by molar-refractivity contribution is -0.150. The summed E-state index contributed by atoms with van der Waals surface area (Å²) in [6.07, 6.45) is 0.145. The number of benzene rings is 1. The van der Waals surface area contributed by atoms with E-state index in [1.165, 1.54) is 0 Å². The zero-order valence-corrected chi connectivity index (χ0v) is 10.2. The Kier molecular flexibility index (Phi) is 3.79. The fraction of sp³-hybridized carbons (Fsp3) is 0.308. The van der Waals surface area contributed by atoms with Crippen LogP contribution in [-0.4, -0.2) is 40.4 Å². The van der Waals surface area contributed by atoms with Crippen LogP contribution in [0.2, 0.25) is 0 Å². The van der Waals surface area contributed by atoms with E-state index in [1.807, 2.05) is 30.3 Å². The van der Waals surface area contributed by atoms with Crippen molar-refractivity contribution >= 4 is 17.8 Å². The van der Waals surface area contributed by atoms with Gasteiger partial charge in [0.2, 0.25) is 5.91 Å². The van der Waals surface area contributed by atoms with Crippen molar-refractivity contribution in [2.45, 2.75) is 19.0 Å². The zero-order valence-electron chi connectivity index (χ0n) is 10.2. The summed E-state index contributed by atoms with van der Waals surface area (Å²) >= 11 is 0. The lowest BCUT2D eigenvalue weighted by Crippen LogP contribution is -2.40. The lowest BCUT2D eigenvalue weighted by atomic mass is 10.2. The Bertz CT molecular complexity index is 501. The van der Waals surface area contributed by atoms with Gasteiger partial charge in [-0.25, -0.2) is 4.79 Å². The predicted molar refractivity (Wildman–Crippen MR) is 66.0 cm³/mol. The Morgan fingerprint density at radius 3 is 2.63 bits per heavy atom. The first-order chi connectivity index (χ1) is 9.06. The molecule has 6 heteroatoms. The zero-order chi connectivity index (χ0) is 13.8. The van der Waals surface area contributed by atoms with Gasteiger partial charge in [0.15, 0.2) is 0 Å². The van der Waals surface area contributed by atoms with Crippen molar-refractivity contribution in [2.75, 3.05) is 6.54 Å². The molecule has 2 N–H and O–H groups in total. The second kappa shape index (κ2) is 5.51. The summed E-state index contributed by atoms with van der Waals surface area (Å²) in [6, 6.07) is 9.07. The first kappa shape index (κ1) is 13.1. The van der Waals surface area contributed by atoms with Gasteiger partial charge in [-0.3, -0.25) is 9.59 Å². The molecule has 1 fully saturated rings. The molecule has 6 nitrogen and oxygen atoms in total. The molecule has 100 valence electrons. The van der Waals surface area contributed by atoms with Crippen molar-refractivity contribution in [3.8, 4) is 0 Å². The van der Waals surface area contributed by atoms with Crippen LogP contribution >= 0.6 is 0 Å². The summed E-state index contributed by atoms with van der Waals surface area (Å²) in [6.45, 7) is 0.811. The van der Waals surface area contributed by atoms with Crippen LogP contribution in [0.5, 0.6) is 0 Å². The van der Waals surface area contributed by atoms with Crippen LogP contribution < -0.4 is 5.32 Å². The number of rotatable bonds is 3. The highest BCUT2D eigenvalue weighted by atomic mass is 16.4. The molecule has 1 aliphatic heterocycles. The fourth-order valence-electron chi connectivity index (χ4n) is 2.07. The van der Waals surface area contributed by atoms with Crippen LogP contribution in [0.1, 0.15) is 12.0 Å². The summed E-state index contributed by atoms with van der Waals surface area (Å²) in [4.78, 5) is 34.8. The molecule has 0 aromatic heterocycles. The quantitative estimate of drug-likeness (QED) is 0.750. The highest BCUT2D eigenvalue weighted by Gasteiger charge is 2.31. The van der Waals surface area contributed by atoms with Crippen molar-refractivity contribution < 1.29 is 19.5 Å². The van der Waals surface area contributed by atoms with Crippen molar-refractivity contribution in [2.24, 2.45) is 0 Å². The molecule has 0 aliphatic carbocycles. The Morgan fingerprint density at radius 2 is 2.00 bits per heavy atom. The van der Waals surface area contributed by atoms with Gasteiger partial charge in [-0.1, -0.05) is 30.3 Å². The third kappa shape index (κ3) is 3.31. The Balaban J connectivity index is 1.93. The molecule has 1 saturated heterocycles. The number of hydrogen-bond donors (Lipinski definition) is 2. The van der Waals surface area contributed by atoms with Crippen LogP contribution in [0, 0.1) is 0 Å². The second-order valence-electron chi connectivity index (χ2n) is 4.44. The van der Waals surface area contributed by atoms with E-state index in [2.05, 4.69) is 5.32 Å². The first-order valence-electron chi connectivity index (χ1n) is 5.92. The molecule has 1 aromatic rings. The third-order valence-electron chi connectivity index (χ3n) is 2.96. The van der Waals surface area contributed by atoms with Gasteiger partial charge in [0.25, 0.3) is 0 Å². The van der Waals surface area contributed by atoms with E-state index in [4.69, 9.17) is 5.11 Å². The van der Waals surface area contributed by atoms with Gasteiger partial charge in [0.1, 0.15) is 0 Å². The van der Waals surface area contributed by atoms with E-state index in [0.29, 0.717) is 13.1 Å². The van der Waals surface area contributed by atoms with Gasteiger partial charge >= 0.3 is 11.9 Å². The number of hydrogen-bond acceptors (Lipinski definition) is 3. The highest BCUT2D eigenvalue weighted by Crippen LogP contribution is 2.14. The van der Waals surface area contributed by atoms with Gasteiger partial charge in [0.05, 0.1) is 6.04 Å². The van der Waals surface area contributed by atoms with Crippen molar-refractivity contribution in [3.63, 3.8) is 0 Å². The molecular weight excluding hydrogens is 248 g/mol. The van der Waals surface area contributed by atoms with Crippen LogP contribution in [-0.2, 0) is 20.9 Å². The van der Waals surface area contributed by atoms with E-state index in [1.54, 1.807) is 4.90 Å². The summed E-state index contributed by atoms with van der Waals surface area (Å²) in [7, 11) is 0. The van der Waals surface area contributed by atoms with Gasteiger partial charge in [-0.2, -0.15) is 0 Å². The van der Waals surface area contributed by atoms with Crippen LogP contribution in [0.15, 0.2) is 30.3 Å². The highest BCUT2D eigenvalue weighted by molar-refractivity contribution is 6.31. The average Bonchev–Trinajstić information content (AvgIpc) is 2.71. The van der Waals surface area contributed by atoms with Crippen LogP contribution in [0.25, 0.3) is 0 Å². The number of carbonyl (C=O) groups is 3. The first-order valence-corrected chi connectivity index (χ1v) is 5.92. The molecule has 0 spiro atoms. The maximum atomic E-state index is 11.8. The number of likely N-dealkylation sites (tertiary alicyclic amines) is 1. The van der Waals surface area contributed by atoms with E-state index >= 15 is 0 Å². The third-order valence-corrected chi connectivity index (χ3v) is 2.96. The Hall–Kier alpha value is -2.37. The van der Waals surface area contributed by atoms with Crippen LogP contribution in [0.4, 0.5) is 0 Å². The van der Waals surface area contributed by atoms with Gasteiger partial charge < -0.3 is 15.3 Å². The van der Waals surface area contributed by atoms with Crippen molar-refractivity contribution in [1.82, 2.24) is 10.2 Å². The molecular formula is C13H14N2O4. The number of amides is 2. The van der Waals surface area contributed by atoms with Crippen molar-refractivity contribution in [1.29, 1.82) is 0 Å². The molecule has 0 bridgehead atoms. The average molecular weight is 262 g/mol. The summed E-state index contributed by atoms with van der Waals surface area (Å²) in [5, 5.41) is 10.8. The predicted octanol–water partition coefficient (Wildman–Crippen LogP) is -0.0117. The number of nitrogens with one attached hydrogen (secondary N) is 1. The number of nitrogens with zero attached hydrogens (tertiary/aromatic N) is 1. The molecule has 2 rings (SSSR count). The van der Waals surface area contributed by atoms with E-state index in [9.17, 15) is 14.4 Å². The second-order valence-corrected chi connectivity index (χ2v) is 4.44. The minimum atomic E-state index is -1.53. The number of carboxylic acid groups (broad SMARTS) is 1. The standard InChI is InChI=1S/C13H14N2O4/c16-11-6-10(14-12(17)13(18)19)8-15(11)7-9-4-2-1-3-5-9/h1-5,10H,6-8H2,(H,14,17)(H,18,19). The maximum absolute atomic E-state index is 11.8. The molecule has 1 aliphatic rings. The molecule has 1 atom stereocenters. The molecule has 1 unspecified atom stereocenters. The number of carboxylic acids is 1. The summed E-state index contributed by atoms with van der Waals surface area (Å²) in [5.41, 5.74) is 1.00.